The second-order valence-corrected chi connectivity index (χ2v) is 7.96. The van der Waals surface area contributed by atoms with Gasteiger partial charge in [0.1, 0.15) is 28.2 Å². The predicted octanol–water partition coefficient (Wildman–Crippen LogP) is 4.23. The van der Waals surface area contributed by atoms with Crippen molar-refractivity contribution in [1.82, 2.24) is 0 Å². The summed E-state index contributed by atoms with van der Waals surface area (Å²) in [7, 11) is 1.40. The molecular weight excluding hydrogens is 458 g/mol. The van der Waals surface area contributed by atoms with Gasteiger partial charge in [-0.15, -0.1) is 0 Å². The van der Waals surface area contributed by atoms with Gasteiger partial charge in [-0.25, -0.2) is 0 Å². The summed E-state index contributed by atoms with van der Waals surface area (Å²) in [5.41, 5.74) is 0.350. The number of fused-ring (bicyclic) bond motifs is 3. The van der Waals surface area contributed by atoms with Crippen LogP contribution in [0.2, 0.25) is 0 Å². The van der Waals surface area contributed by atoms with Crippen molar-refractivity contribution in [3.63, 3.8) is 0 Å². The number of nitro benzene ring substituents is 1. The van der Waals surface area contributed by atoms with Crippen molar-refractivity contribution >= 4 is 22.6 Å². The minimum Gasteiger partial charge on any atom is -0.507 e. The van der Waals surface area contributed by atoms with E-state index in [-0.39, 0.29) is 46.1 Å². The van der Waals surface area contributed by atoms with E-state index in [1.54, 1.807) is 12.1 Å². The molecule has 0 fully saturated rings. The summed E-state index contributed by atoms with van der Waals surface area (Å²) >= 11 is 0. The number of ether oxygens (including phenoxy) is 2. The van der Waals surface area contributed by atoms with Crippen LogP contribution in [0, 0.1) is 10.1 Å². The zero-order valence-corrected chi connectivity index (χ0v) is 18.2. The molecule has 0 amide bonds. The van der Waals surface area contributed by atoms with E-state index in [1.165, 1.54) is 43.5 Å². The Bertz CT molecular complexity index is 1590. The lowest BCUT2D eigenvalue weighted by molar-refractivity contribution is -0.384. The standard InChI is InChI=1S/C25H17NO9/c1-33-19-6-5-13(8-16(19)27)20-10-17(28)24-18(29)11-21-23(25(24)35-20)15(9-22(30)34-21)12-3-2-4-14(7-12)26(31)32/h2-8,10-11,15,27,29H,9H2,1H3. The lowest BCUT2D eigenvalue weighted by Crippen LogP contribution is -2.22. The van der Waals surface area contributed by atoms with Crippen LogP contribution in [0.15, 0.2) is 63.8 Å². The molecule has 3 aromatic carbocycles. The zero-order valence-electron chi connectivity index (χ0n) is 18.2. The van der Waals surface area contributed by atoms with Gasteiger partial charge in [-0.1, -0.05) is 12.1 Å². The molecule has 35 heavy (non-hydrogen) atoms. The van der Waals surface area contributed by atoms with Gasteiger partial charge in [0.2, 0.25) is 0 Å². The van der Waals surface area contributed by atoms with E-state index in [1.807, 2.05) is 0 Å². The second kappa shape index (κ2) is 8.17. The summed E-state index contributed by atoms with van der Waals surface area (Å²) in [6.45, 7) is 0. The molecule has 176 valence electrons. The summed E-state index contributed by atoms with van der Waals surface area (Å²) in [5.74, 6) is -1.66. The van der Waals surface area contributed by atoms with Gasteiger partial charge < -0.3 is 24.1 Å². The fourth-order valence-corrected chi connectivity index (χ4v) is 4.28. The zero-order chi connectivity index (χ0) is 24.9. The van der Waals surface area contributed by atoms with Crippen molar-refractivity contribution in [1.29, 1.82) is 0 Å². The number of phenolic OH excluding ortho intramolecular Hbond substituents is 2. The van der Waals surface area contributed by atoms with Crippen molar-refractivity contribution in [3.8, 4) is 34.3 Å². The fourth-order valence-electron chi connectivity index (χ4n) is 4.28. The van der Waals surface area contributed by atoms with E-state index in [9.17, 15) is 29.9 Å². The third-order valence-corrected chi connectivity index (χ3v) is 5.87. The Balaban J connectivity index is 1.79. The normalized spacial score (nSPS) is 14.9. The van der Waals surface area contributed by atoms with Crippen LogP contribution in [0.25, 0.3) is 22.3 Å². The van der Waals surface area contributed by atoms with Crippen LogP contribution in [-0.4, -0.2) is 28.2 Å². The van der Waals surface area contributed by atoms with E-state index in [0.29, 0.717) is 16.7 Å². The van der Waals surface area contributed by atoms with Gasteiger partial charge in [-0.3, -0.25) is 19.7 Å². The van der Waals surface area contributed by atoms with E-state index in [4.69, 9.17) is 13.9 Å². The summed E-state index contributed by atoms with van der Waals surface area (Å²) in [5, 5.41) is 31.9. The number of aromatic hydroxyl groups is 2. The maximum Gasteiger partial charge on any atom is 0.312 e. The molecule has 0 saturated heterocycles. The minimum absolute atomic E-state index is 0.0133. The van der Waals surface area contributed by atoms with Gasteiger partial charge in [-0.2, -0.15) is 0 Å². The van der Waals surface area contributed by atoms with Crippen LogP contribution >= 0.6 is 0 Å². The number of hydrogen-bond donors (Lipinski definition) is 2. The minimum atomic E-state index is -0.739. The van der Waals surface area contributed by atoms with E-state index < -0.39 is 28.0 Å². The lowest BCUT2D eigenvalue weighted by atomic mass is 9.85. The van der Waals surface area contributed by atoms with Gasteiger partial charge >= 0.3 is 5.97 Å². The van der Waals surface area contributed by atoms with E-state index in [0.717, 1.165) is 6.07 Å². The molecule has 0 saturated carbocycles. The molecule has 0 bridgehead atoms. The van der Waals surface area contributed by atoms with Gasteiger partial charge in [-0.05, 0) is 23.8 Å². The molecule has 5 rings (SSSR count). The fraction of sp³-hybridized carbons (Fsp3) is 0.120. The van der Waals surface area contributed by atoms with E-state index >= 15 is 0 Å². The molecule has 0 radical (unpaired) electrons. The Morgan fingerprint density at radius 1 is 1.06 bits per heavy atom. The SMILES string of the molecule is COc1ccc(-c2cc(=O)c3c(O)cc4c(c3o2)C(c2cccc([N+](=O)[O-])c2)CC(=O)O4)cc1O. The maximum atomic E-state index is 13.0. The molecule has 4 aromatic rings. The van der Waals surface area contributed by atoms with Gasteiger partial charge in [0.05, 0.1) is 18.5 Å². The van der Waals surface area contributed by atoms with Crippen LogP contribution < -0.4 is 14.9 Å². The predicted molar refractivity (Wildman–Crippen MR) is 123 cm³/mol. The molecule has 2 N–H and O–H groups in total. The molecule has 1 atom stereocenters. The average molecular weight is 475 g/mol. The van der Waals surface area contributed by atoms with Crippen molar-refractivity contribution in [2.24, 2.45) is 0 Å². The number of hydrogen-bond acceptors (Lipinski definition) is 9. The first kappa shape index (κ1) is 22.0. The average Bonchev–Trinajstić information content (AvgIpc) is 2.83. The topological polar surface area (TPSA) is 149 Å². The first-order valence-corrected chi connectivity index (χ1v) is 10.4. The number of phenols is 2. The Morgan fingerprint density at radius 2 is 1.86 bits per heavy atom. The third-order valence-electron chi connectivity index (χ3n) is 5.87. The number of benzene rings is 3. The van der Waals surface area contributed by atoms with Gasteiger partial charge in [0, 0.05) is 41.3 Å². The molecular formula is C25H17NO9. The third kappa shape index (κ3) is 3.70. The van der Waals surface area contributed by atoms with Crippen LogP contribution in [-0.2, 0) is 4.79 Å². The van der Waals surface area contributed by atoms with Crippen LogP contribution in [0.5, 0.6) is 23.0 Å². The molecule has 0 spiro atoms. The molecule has 10 nitrogen and oxygen atoms in total. The molecule has 1 unspecified atom stereocenters. The number of esters is 1. The molecule has 1 aliphatic rings. The Morgan fingerprint density at radius 3 is 2.57 bits per heavy atom. The highest BCUT2D eigenvalue weighted by atomic mass is 16.6. The Kier molecular flexibility index (Phi) is 5.13. The van der Waals surface area contributed by atoms with Gasteiger partial charge in [0.25, 0.3) is 5.69 Å². The van der Waals surface area contributed by atoms with Crippen molar-refractivity contribution in [2.75, 3.05) is 7.11 Å². The number of nitro groups is 1. The number of carbonyl (C=O) groups is 1. The molecule has 10 heteroatoms. The largest absolute Gasteiger partial charge is 0.507 e. The highest BCUT2D eigenvalue weighted by Gasteiger charge is 2.34. The van der Waals surface area contributed by atoms with E-state index in [2.05, 4.69) is 0 Å². The van der Waals surface area contributed by atoms with Crippen LogP contribution in [0.4, 0.5) is 5.69 Å². The smallest absolute Gasteiger partial charge is 0.312 e. The summed E-state index contributed by atoms with van der Waals surface area (Å²) in [6.07, 6.45) is -0.161. The number of methoxy groups -OCH3 is 1. The first-order chi connectivity index (χ1) is 16.8. The van der Waals surface area contributed by atoms with Crippen molar-refractivity contribution < 1.29 is 33.8 Å². The molecule has 2 heterocycles. The number of non-ortho nitro benzene ring substituents is 1. The highest BCUT2D eigenvalue weighted by Crippen LogP contribution is 2.46. The number of nitrogens with zero attached hydrogens (tertiary/aromatic N) is 1. The second-order valence-electron chi connectivity index (χ2n) is 7.96. The Hall–Kier alpha value is -4.86. The van der Waals surface area contributed by atoms with Crippen LogP contribution in [0.1, 0.15) is 23.5 Å². The maximum absolute atomic E-state index is 13.0. The summed E-state index contributed by atoms with van der Waals surface area (Å²) < 4.78 is 16.4. The number of carbonyl (C=O) groups excluding carboxylic acids is 1. The van der Waals surface area contributed by atoms with Crippen molar-refractivity contribution in [2.45, 2.75) is 12.3 Å². The number of rotatable bonds is 4. The van der Waals surface area contributed by atoms with Crippen molar-refractivity contribution in [3.05, 3.63) is 86.1 Å². The van der Waals surface area contributed by atoms with Gasteiger partial charge in [0.15, 0.2) is 16.9 Å². The Labute approximate surface area is 196 Å². The van der Waals surface area contributed by atoms with Crippen LogP contribution in [0.3, 0.4) is 0 Å². The molecule has 1 aromatic heterocycles. The summed E-state index contributed by atoms with van der Waals surface area (Å²) in [6, 6.07) is 12.6. The quantitative estimate of drug-likeness (QED) is 0.191. The monoisotopic (exact) mass is 475 g/mol. The molecule has 1 aliphatic heterocycles. The lowest BCUT2D eigenvalue weighted by Gasteiger charge is -2.26. The summed E-state index contributed by atoms with van der Waals surface area (Å²) in [4.78, 5) is 36.2. The highest BCUT2D eigenvalue weighted by molar-refractivity contribution is 5.93. The first-order valence-electron chi connectivity index (χ1n) is 10.4. The molecule has 0 aliphatic carbocycles.